The highest BCUT2D eigenvalue weighted by Crippen LogP contribution is 2.28. The van der Waals surface area contributed by atoms with Gasteiger partial charge < -0.3 is 10.2 Å². The summed E-state index contributed by atoms with van der Waals surface area (Å²) in [7, 11) is 2.18. The number of hydrogen-bond donors (Lipinski definition) is 1. The highest BCUT2D eigenvalue weighted by atomic mass is 15.1. The summed E-state index contributed by atoms with van der Waals surface area (Å²) in [5.41, 5.74) is 5.50. The van der Waals surface area contributed by atoms with Gasteiger partial charge in [-0.25, -0.2) is 0 Å². The van der Waals surface area contributed by atoms with E-state index in [1.54, 1.807) is 0 Å². The first-order valence-electron chi connectivity index (χ1n) is 7.45. The minimum Gasteiger partial charge on any atom is -0.385 e. The Morgan fingerprint density at radius 2 is 1.95 bits per heavy atom. The molecule has 2 nitrogen and oxygen atoms in total. The van der Waals surface area contributed by atoms with Gasteiger partial charge in [-0.05, 0) is 48.6 Å². The van der Waals surface area contributed by atoms with Gasteiger partial charge in [0, 0.05) is 31.5 Å². The topological polar surface area (TPSA) is 15.3 Å². The van der Waals surface area contributed by atoms with Gasteiger partial charge in [0.05, 0.1) is 0 Å². The van der Waals surface area contributed by atoms with Crippen LogP contribution in [0.5, 0.6) is 0 Å². The van der Waals surface area contributed by atoms with E-state index in [4.69, 9.17) is 0 Å². The van der Waals surface area contributed by atoms with Crippen LogP contribution in [-0.4, -0.2) is 20.1 Å². The van der Waals surface area contributed by atoms with Crippen molar-refractivity contribution in [3.05, 3.63) is 59.7 Å². The number of fused-ring (bicyclic) bond motifs is 1. The van der Waals surface area contributed by atoms with E-state index in [9.17, 15) is 0 Å². The summed E-state index contributed by atoms with van der Waals surface area (Å²) in [5, 5.41) is 3.54. The maximum Gasteiger partial charge on any atom is 0.0397 e. The fourth-order valence-electron chi connectivity index (χ4n) is 2.89. The van der Waals surface area contributed by atoms with Crippen molar-refractivity contribution in [2.45, 2.75) is 19.3 Å². The van der Waals surface area contributed by atoms with Gasteiger partial charge in [-0.2, -0.15) is 0 Å². The average Bonchev–Trinajstić information content (AvgIpc) is 2.48. The van der Waals surface area contributed by atoms with Crippen LogP contribution in [0.15, 0.2) is 48.5 Å². The number of benzene rings is 2. The van der Waals surface area contributed by atoms with E-state index in [1.165, 1.54) is 41.9 Å². The molecule has 0 saturated heterocycles. The number of hydrogen-bond acceptors (Lipinski definition) is 2. The van der Waals surface area contributed by atoms with Gasteiger partial charge in [0.25, 0.3) is 0 Å². The molecular formula is C18H22N2. The summed E-state index contributed by atoms with van der Waals surface area (Å²) < 4.78 is 0. The van der Waals surface area contributed by atoms with E-state index in [0.717, 1.165) is 13.0 Å². The third-order valence-corrected chi connectivity index (χ3v) is 4.02. The van der Waals surface area contributed by atoms with E-state index in [2.05, 4.69) is 65.8 Å². The molecule has 1 aliphatic heterocycles. The second kappa shape index (κ2) is 6.00. The summed E-state index contributed by atoms with van der Waals surface area (Å²) in [6, 6.07) is 17.4. The molecule has 1 aliphatic rings. The molecule has 104 valence electrons. The third kappa shape index (κ3) is 2.96. The normalized spacial score (nSPS) is 13.9. The second-order valence-corrected chi connectivity index (χ2v) is 5.53. The van der Waals surface area contributed by atoms with Gasteiger partial charge in [0.2, 0.25) is 0 Å². The summed E-state index contributed by atoms with van der Waals surface area (Å²) in [6.07, 6.45) is 3.53. The molecule has 1 heterocycles. The Bertz CT molecular complexity index is 563. The molecule has 0 unspecified atom stereocenters. The monoisotopic (exact) mass is 266 g/mol. The van der Waals surface area contributed by atoms with Crippen molar-refractivity contribution in [3.63, 3.8) is 0 Å². The third-order valence-electron chi connectivity index (χ3n) is 4.02. The van der Waals surface area contributed by atoms with Gasteiger partial charge in [-0.3, -0.25) is 0 Å². The van der Waals surface area contributed by atoms with Crippen molar-refractivity contribution >= 4 is 11.4 Å². The molecule has 3 rings (SSSR count). The van der Waals surface area contributed by atoms with E-state index < -0.39 is 0 Å². The van der Waals surface area contributed by atoms with Crippen molar-refractivity contribution in [2.24, 2.45) is 0 Å². The lowest BCUT2D eigenvalue weighted by atomic mass is 10.0. The zero-order valence-electron chi connectivity index (χ0n) is 12.1. The number of nitrogens with one attached hydrogen (secondary N) is 1. The molecule has 2 aromatic carbocycles. The summed E-state index contributed by atoms with van der Waals surface area (Å²) in [4.78, 5) is 2.35. The number of rotatable bonds is 4. The molecule has 0 amide bonds. The minimum atomic E-state index is 0.985. The first kappa shape index (κ1) is 13.0. The fraction of sp³-hybridized carbons (Fsp3) is 0.333. The molecule has 0 aromatic heterocycles. The van der Waals surface area contributed by atoms with Gasteiger partial charge in [0.15, 0.2) is 0 Å². The largest absolute Gasteiger partial charge is 0.385 e. The summed E-state index contributed by atoms with van der Waals surface area (Å²) in [6.45, 7) is 2.16. The zero-order chi connectivity index (χ0) is 13.8. The van der Waals surface area contributed by atoms with Gasteiger partial charge >= 0.3 is 0 Å². The van der Waals surface area contributed by atoms with Crippen LogP contribution in [0.25, 0.3) is 0 Å². The highest BCUT2D eigenvalue weighted by molar-refractivity contribution is 5.62. The van der Waals surface area contributed by atoms with Crippen molar-refractivity contribution in [3.8, 4) is 0 Å². The number of anilines is 2. The van der Waals surface area contributed by atoms with Crippen molar-refractivity contribution in [1.82, 2.24) is 0 Å². The molecule has 0 aliphatic carbocycles. The molecule has 0 radical (unpaired) electrons. The van der Waals surface area contributed by atoms with E-state index in [-0.39, 0.29) is 0 Å². The SMILES string of the molecule is CN1CCCc2cc(NCCc3ccccc3)ccc21. The van der Waals surface area contributed by atoms with Crippen LogP contribution in [0.4, 0.5) is 11.4 Å². The van der Waals surface area contributed by atoms with Crippen LogP contribution in [0.3, 0.4) is 0 Å². The molecule has 2 aromatic rings. The van der Waals surface area contributed by atoms with Crippen LogP contribution in [0.1, 0.15) is 17.5 Å². The Morgan fingerprint density at radius 3 is 2.80 bits per heavy atom. The average molecular weight is 266 g/mol. The molecule has 0 saturated carbocycles. The molecule has 2 heteroatoms. The predicted octanol–water partition coefficient (Wildman–Crippen LogP) is 3.72. The first-order chi connectivity index (χ1) is 9.83. The first-order valence-corrected chi connectivity index (χ1v) is 7.45. The van der Waals surface area contributed by atoms with Crippen LogP contribution in [0.2, 0.25) is 0 Å². The maximum absolute atomic E-state index is 3.54. The predicted molar refractivity (Wildman–Crippen MR) is 86.7 cm³/mol. The molecule has 1 N–H and O–H groups in total. The lowest BCUT2D eigenvalue weighted by molar-refractivity contribution is 0.744. The van der Waals surface area contributed by atoms with E-state index >= 15 is 0 Å². The Labute approximate surface area is 121 Å². The van der Waals surface area contributed by atoms with Crippen molar-refractivity contribution in [1.29, 1.82) is 0 Å². The maximum atomic E-state index is 3.54. The van der Waals surface area contributed by atoms with Crippen molar-refractivity contribution in [2.75, 3.05) is 30.4 Å². The number of aryl methyl sites for hydroxylation is 1. The Balaban J connectivity index is 1.61. The van der Waals surface area contributed by atoms with E-state index in [1.807, 2.05) is 0 Å². The molecule has 0 fully saturated rings. The summed E-state index contributed by atoms with van der Waals surface area (Å²) in [5.74, 6) is 0. The number of nitrogens with zero attached hydrogens (tertiary/aromatic N) is 1. The van der Waals surface area contributed by atoms with Crippen LogP contribution in [0, 0.1) is 0 Å². The fourth-order valence-corrected chi connectivity index (χ4v) is 2.89. The summed E-state index contributed by atoms with van der Waals surface area (Å²) >= 11 is 0. The Morgan fingerprint density at radius 1 is 1.10 bits per heavy atom. The molecular weight excluding hydrogens is 244 g/mol. The smallest absolute Gasteiger partial charge is 0.0397 e. The lowest BCUT2D eigenvalue weighted by Crippen LogP contribution is -2.24. The van der Waals surface area contributed by atoms with Gasteiger partial charge in [-0.15, -0.1) is 0 Å². The van der Waals surface area contributed by atoms with Crippen molar-refractivity contribution < 1.29 is 0 Å². The molecule has 20 heavy (non-hydrogen) atoms. The molecule has 0 spiro atoms. The standard InChI is InChI=1S/C18H22N2/c1-20-13-5-8-16-14-17(9-10-18(16)20)19-12-11-15-6-3-2-4-7-15/h2-4,6-7,9-10,14,19H,5,8,11-13H2,1H3. The highest BCUT2D eigenvalue weighted by Gasteiger charge is 2.13. The second-order valence-electron chi connectivity index (χ2n) is 5.53. The lowest BCUT2D eigenvalue weighted by Gasteiger charge is -2.28. The molecule has 0 atom stereocenters. The van der Waals surface area contributed by atoms with E-state index in [0.29, 0.717) is 0 Å². The van der Waals surface area contributed by atoms with Crippen LogP contribution in [-0.2, 0) is 12.8 Å². The zero-order valence-corrected chi connectivity index (χ0v) is 12.1. The Kier molecular flexibility index (Phi) is 3.91. The van der Waals surface area contributed by atoms with Crippen LogP contribution >= 0.6 is 0 Å². The Hall–Kier alpha value is -1.96. The van der Waals surface area contributed by atoms with Crippen LogP contribution < -0.4 is 10.2 Å². The van der Waals surface area contributed by atoms with Gasteiger partial charge in [0.1, 0.15) is 0 Å². The molecule has 0 bridgehead atoms. The van der Waals surface area contributed by atoms with Gasteiger partial charge in [-0.1, -0.05) is 30.3 Å². The minimum absolute atomic E-state index is 0.985. The quantitative estimate of drug-likeness (QED) is 0.907.